The molecule has 1 aromatic carbocycles. The molecule has 1 saturated heterocycles. The number of amides is 1. The van der Waals surface area contributed by atoms with Crippen molar-refractivity contribution >= 4 is 21.9 Å². The van der Waals surface area contributed by atoms with Gasteiger partial charge in [0.1, 0.15) is 0 Å². The van der Waals surface area contributed by atoms with Crippen molar-refractivity contribution in [3.8, 4) is 0 Å². The molecule has 2 aromatic rings. The number of pyridine rings is 1. The first-order chi connectivity index (χ1) is 14.4. The molecule has 0 unspecified atom stereocenters. The highest BCUT2D eigenvalue weighted by Gasteiger charge is 2.27. The minimum absolute atomic E-state index is 0.0244. The SMILES string of the molecule is O=C(O)c1ccccc1C(=O)N(CCS(=O)(=O)N1CCCCC1)Cc1ccccn1. The minimum Gasteiger partial charge on any atom is -0.478 e. The molecule has 0 aliphatic carbocycles. The third kappa shape index (κ3) is 5.43. The number of nitrogens with zero attached hydrogens (tertiary/aromatic N) is 3. The fraction of sp³-hybridized carbons (Fsp3) is 0.381. The summed E-state index contributed by atoms with van der Waals surface area (Å²) in [6.45, 7) is 1.03. The zero-order valence-electron chi connectivity index (χ0n) is 16.6. The van der Waals surface area contributed by atoms with Crippen LogP contribution in [0, 0.1) is 0 Å². The topological polar surface area (TPSA) is 108 Å². The van der Waals surface area contributed by atoms with Crippen LogP contribution in [-0.4, -0.2) is 65.0 Å². The lowest BCUT2D eigenvalue weighted by atomic mass is 10.1. The molecule has 1 aromatic heterocycles. The molecular weight excluding hydrogens is 406 g/mol. The molecule has 1 amide bonds. The molecule has 3 rings (SSSR count). The van der Waals surface area contributed by atoms with Crippen LogP contribution in [0.3, 0.4) is 0 Å². The number of aromatic nitrogens is 1. The average molecular weight is 432 g/mol. The molecule has 1 aliphatic rings. The van der Waals surface area contributed by atoms with Gasteiger partial charge in [0.25, 0.3) is 5.91 Å². The quantitative estimate of drug-likeness (QED) is 0.687. The zero-order chi connectivity index (χ0) is 21.6. The molecule has 0 saturated carbocycles. The number of rotatable bonds is 8. The van der Waals surface area contributed by atoms with E-state index in [2.05, 4.69) is 4.98 Å². The van der Waals surface area contributed by atoms with Crippen LogP contribution in [0.4, 0.5) is 0 Å². The first-order valence-corrected chi connectivity index (χ1v) is 11.5. The molecule has 0 spiro atoms. The van der Waals surface area contributed by atoms with Crippen molar-refractivity contribution in [1.29, 1.82) is 0 Å². The van der Waals surface area contributed by atoms with Crippen LogP contribution >= 0.6 is 0 Å². The highest BCUT2D eigenvalue weighted by atomic mass is 32.2. The van der Waals surface area contributed by atoms with Crippen molar-refractivity contribution in [2.45, 2.75) is 25.8 Å². The molecule has 0 atom stereocenters. The first-order valence-electron chi connectivity index (χ1n) is 9.88. The summed E-state index contributed by atoms with van der Waals surface area (Å²) >= 11 is 0. The molecule has 8 nitrogen and oxygen atoms in total. The number of carbonyl (C=O) groups is 2. The lowest BCUT2D eigenvalue weighted by molar-refractivity contribution is 0.0674. The Morgan fingerprint density at radius 3 is 2.30 bits per heavy atom. The van der Waals surface area contributed by atoms with E-state index in [-0.39, 0.29) is 30.0 Å². The smallest absolute Gasteiger partial charge is 0.336 e. The third-order valence-corrected chi connectivity index (χ3v) is 6.93. The van der Waals surface area contributed by atoms with Gasteiger partial charge in [-0.15, -0.1) is 0 Å². The van der Waals surface area contributed by atoms with E-state index >= 15 is 0 Å². The molecular formula is C21H25N3O5S. The Kier molecular flexibility index (Phi) is 7.17. The Balaban J connectivity index is 1.83. The number of hydrogen-bond acceptors (Lipinski definition) is 5. The summed E-state index contributed by atoms with van der Waals surface area (Å²) in [5, 5.41) is 9.43. The highest BCUT2D eigenvalue weighted by molar-refractivity contribution is 7.89. The second-order valence-corrected chi connectivity index (χ2v) is 9.26. The van der Waals surface area contributed by atoms with Gasteiger partial charge in [-0.05, 0) is 37.1 Å². The third-order valence-electron chi connectivity index (χ3n) is 5.08. The van der Waals surface area contributed by atoms with Crippen LogP contribution in [-0.2, 0) is 16.6 Å². The van der Waals surface area contributed by atoms with Crippen molar-refractivity contribution in [3.63, 3.8) is 0 Å². The van der Waals surface area contributed by atoms with E-state index in [9.17, 15) is 23.1 Å². The van der Waals surface area contributed by atoms with Gasteiger partial charge in [-0.1, -0.05) is 24.6 Å². The minimum atomic E-state index is -3.51. The number of piperidine rings is 1. The fourth-order valence-electron chi connectivity index (χ4n) is 3.46. The van der Waals surface area contributed by atoms with Crippen molar-refractivity contribution in [1.82, 2.24) is 14.2 Å². The normalized spacial score (nSPS) is 14.9. The summed E-state index contributed by atoms with van der Waals surface area (Å²) in [5.74, 6) is -1.97. The van der Waals surface area contributed by atoms with E-state index in [1.165, 1.54) is 21.3 Å². The van der Waals surface area contributed by atoms with Gasteiger partial charge in [0.05, 0.1) is 29.1 Å². The fourth-order valence-corrected chi connectivity index (χ4v) is 4.99. The molecule has 1 fully saturated rings. The number of carboxylic acid groups (broad SMARTS) is 1. The van der Waals surface area contributed by atoms with Gasteiger partial charge in [-0.25, -0.2) is 17.5 Å². The maximum Gasteiger partial charge on any atom is 0.336 e. The highest BCUT2D eigenvalue weighted by Crippen LogP contribution is 2.17. The van der Waals surface area contributed by atoms with Crippen molar-refractivity contribution in [3.05, 3.63) is 65.5 Å². The number of benzene rings is 1. The maximum absolute atomic E-state index is 13.2. The average Bonchev–Trinajstić information content (AvgIpc) is 2.77. The van der Waals surface area contributed by atoms with Gasteiger partial charge in [0, 0.05) is 25.8 Å². The van der Waals surface area contributed by atoms with Gasteiger partial charge in [-0.2, -0.15) is 0 Å². The van der Waals surface area contributed by atoms with Crippen molar-refractivity contribution < 1.29 is 23.1 Å². The molecule has 160 valence electrons. The van der Waals surface area contributed by atoms with E-state index in [1.807, 2.05) is 0 Å². The summed E-state index contributed by atoms with van der Waals surface area (Å²) in [5.41, 5.74) is 0.498. The molecule has 2 heterocycles. The van der Waals surface area contributed by atoms with E-state index in [1.54, 1.807) is 36.5 Å². The Morgan fingerprint density at radius 2 is 1.67 bits per heavy atom. The van der Waals surface area contributed by atoms with Crippen molar-refractivity contribution in [2.75, 3.05) is 25.4 Å². The second kappa shape index (κ2) is 9.82. The van der Waals surface area contributed by atoms with Crippen LogP contribution in [0.5, 0.6) is 0 Å². The van der Waals surface area contributed by atoms with E-state index < -0.39 is 21.9 Å². The summed E-state index contributed by atoms with van der Waals surface area (Å²) in [6.07, 6.45) is 4.28. The van der Waals surface area contributed by atoms with E-state index in [0.717, 1.165) is 19.3 Å². The zero-order valence-corrected chi connectivity index (χ0v) is 17.4. The Labute approximate surface area is 176 Å². The van der Waals surface area contributed by atoms with Gasteiger partial charge >= 0.3 is 5.97 Å². The van der Waals surface area contributed by atoms with E-state index in [0.29, 0.717) is 18.8 Å². The van der Waals surface area contributed by atoms with Crippen molar-refractivity contribution in [2.24, 2.45) is 0 Å². The molecule has 9 heteroatoms. The number of carbonyl (C=O) groups excluding carboxylic acids is 1. The largest absolute Gasteiger partial charge is 0.478 e. The van der Waals surface area contributed by atoms with Gasteiger partial charge < -0.3 is 10.0 Å². The second-order valence-electron chi connectivity index (χ2n) is 7.17. The van der Waals surface area contributed by atoms with Crippen LogP contribution < -0.4 is 0 Å². The summed E-state index contributed by atoms with van der Waals surface area (Å²) < 4.78 is 27.0. The lowest BCUT2D eigenvalue weighted by Gasteiger charge is -2.28. The standard InChI is InChI=1S/C21H25N3O5S/c25-20(18-9-2-3-10-19(18)21(26)27)23(16-17-8-4-5-11-22-17)14-15-30(28,29)24-12-6-1-7-13-24/h2-5,8-11H,1,6-7,12-16H2,(H,26,27). The number of carboxylic acids is 1. The Hall–Kier alpha value is -2.78. The summed E-state index contributed by atoms with van der Waals surface area (Å²) in [6, 6.07) is 11.2. The number of hydrogen-bond donors (Lipinski definition) is 1. The van der Waals surface area contributed by atoms with Crippen LogP contribution in [0.15, 0.2) is 48.7 Å². The number of aromatic carboxylic acids is 1. The van der Waals surface area contributed by atoms with Crippen LogP contribution in [0.2, 0.25) is 0 Å². The lowest BCUT2D eigenvalue weighted by Crippen LogP contribution is -2.42. The van der Waals surface area contributed by atoms with E-state index in [4.69, 9.17) is 0 Å². The molecule has 0 radical (unpaired) electrons. The van der Waals surface area contributed by atoms with Gasteiger partial charge in [-0.3, -0.25) is 9.78 Å². The molecule has 1 aliphatic heterocycles. The predicted octanol–water partition coefficient (Wildman–Crippen LogP) is 2.24. The first kappa shape index (κ1) is 21.9. The predicted molar refractivity (Wildman–Crippen MR) is 112 cm³/mol. The molecule has 0 bridgehead atoms. The monoisotopic (exact) mass is 431 g/mol. The molecule has 30 heavy (non-hydrogen) atoms. The van der Waals surface area contributed by atoms with Gasteiger partial charge in [0.15, 0.2) is 0 Å². The Bertz CT molecular complexity index is 989. The van der Waals surface area contributed by atoms with Crippen LogP contribution in [0.1, 0.15) is 45.7 Å². The summed E-state index contributed by atoms with van der Waals surface area (Å²) in [7, 11) is -3.51. The number of sulfonamides is 1. The summed E-state index contributed by atoms with van der Waals surface area (Å²) in [4.78, 5) is 30.3. The molecule has 1 N–H and O–H groups in total. The Morgan fingerprint density at radius 1 is 1.00 bits per heavy atom. The van der Waals surface area contributed by atoms with Crippen LogP contribution in [0.25, 0.3) is 0 Å². The maximum atomic E-state index is 13.2. The van der Waals surface area contributed by atoms with Gasteiger partial charge in [0.2, 0.25) is 10.0 Å².